The molecule has 1 aromatic heterocycles. The maximum absolute atomic E-state index is 11.3. The summed E-state index contributed by atoms with van der Waals surface area (Å²) in [5.74, 6) is 0.304. The zero-order valence-corrected chi connectivity index (χ0v) is 17.6. The van der Waals surface area contributed by atoms with E-state index in [2.05, 4.69) is 22.0 Å². The van der Waals surface area contributed by atoms with E-state index >= 15 is 0 Å². The Morgan fingerprint density at radius 3 is 2.38 bits per heavy atom. The van der Waals surface area contributed by atoms with Gasteiger partial charge in [0.05, 0.1) is 12.6 Å². The lowest BCUT2D eigenvalue weighted by molar-refractivity contribution is -0.396. The van der Waals surface area contributed by atoms with E-state index in [1.54, 1.807) is 4.57 Å². The van der Waals surface area contributed by atoms with E-state index < -0.39 is 4.92 Å². The highest BCUT2D eigenvalue weighted by Gasteiger charge is 2.24. The molecule has 0 aliphatic heterocycles. The zero-order chi connectivity index (χ0) is 20.8. The van der Waals surface area contributed by atoms with E-state index in [0.717, 1.165) is 16.8 Å². The van der Waals surface area contributed by atoms with Crippen molar-refractivity contribution in [2.24, 2.45) is 0 Å². The molecule has 0 aliphatic carbocycles. The summed E-state index contributed by atoms with van der Waals surface area (Å²) in [6, 6.07) is 17.8. The van der Waals surface area contributed by atoms with Gasteiger partial charge in [-0.25, -0.2) is 4.57 Å². The van der Waals surface area contributed by atoms with Crippen LogP contribution in [0.1, 0.15) is 22.9 Å². The van der Waals surface area contributed by atoms with Gasteiger partial charge in [-0.1, -0.05) is 59.0 Å². The minimum Gasteiger partial charge on any atom is -0.390 e. The lowest BCUT2D eigenvalue weighted by Gasteiger charge is -2.32. The first-order chi connectivity index (χ1) is 14.0. The number of hydrogen-bond donors (Lipinski definition) is 0. The van der Waals surface area contributed by atoms with Crippen LogP contribution in [0.15, 0.2) is 60.8 Å². The van der Waals surface area contributed by atoms with E-state index in [0.29, 0.717) is 30.5 Å². The highest BCUT2D eigenvalue weighted by Crippen LogP contribution is 2.30. The van der Waals surface area contributed by atoms with Gasteiger partial charge in [0.1, 0.15) is 11.9 Å². The molecule has 0 bridgehead atoms. The summed E-state index contributed by atoms with van der Waals surface area (Å²) in [6.45, 7) is 3.47. The summed E-state index contributed by atoms with van der Waals surface area (Å²) in [5.41, 5.74) is 2.96. The van der Waals surface area contributed by atoms with E-state index in [9.17, 15) is 10.1 Å². The van der Waals surface area contributed by atoms with Crippen LogP contribution >= 0.6 is 23.2 Å². The summed E-state index contributed by atoms with van der Waals surface area (Å²) in [4.78, 5) is 17.0. The molecule has 8 heteroatoms. The van der Waals surface area contributed by atoms with Crippen molar-refractivity contribution >= 4 is 29.2 Å². The lowest BCUT2D eigenvalue weighted by Crippen LogP contribution is -2.34. The number of halogens is 2. The molecule has 1 heterocycles. The molecule has 1 atom stereocenters. The van der Waals surface area contributed by atoms with Crippen molar-refractivity contribution < 1.29 is 4.92 Å². The Kier molecular flexibility index (Phi) is 7.25. The van der Waals surface area contributed by atoms with Gasteiger partial charge in [-0.2, -0.15) is 0 Å². The summed E-state index contributed by atoms with van der Waals surface area (Å²) < 4.78 is 1.63. The fourth-order valence-corrected chi connectivity index (χ4v) is 3.81. The van der Waals surface area contributed by atoms with Gasteiger partial charge in [0.15, 0.2) is 0 Å². The van der Waals surface area contributed by atoms with Crippen LogP contribution in [0.5, 0.6) is 0 Å². The molecular formula is C21H22Cl2N4O2. The number of hydrogen-bond acceptors (Lipinski definition) is 4. The molecule has 0 amide bonds. The van der Waals surface area contributed by atoms with Gasteiger partial charge in [-0.15, -0.1) is 11.6 Å². The monoisotopic (exact) mass is 432 g/mol. The van der Waals surface area contributed by atoms with E-state index in [1.165, 1.54) is 6.20 Å². The van der Waals surface area contributed by atoms with Crippen molar-refractivity contribution in [1.29, 1.82) is 0 Å². The van der Waals surface area contributed by atoms with Gasteiger partial charge >= 0.3 is 5.95 Å². The van der Waals surface area contributed by atoms with Crippen LogP contribution in [-0.4, -0.2) is 38.3 Å². The topological polar surface area (TPSA) is 64.2 Å². The predicted octanol–water partition coefficient (Wildman–Crippen LogP) is 5.08. The van der Waals surface area contributed by atoms with Gasteiger partial charge in [-0.05, 0) is 35.1 Å². The Labute approximate surface area is 179 Å². The number of nitro groups is 1. The first-order valence-corrected chi connectivity index (χ1v) is 10.2. The van der Waals surface area contributed by atoms with Gasteiger partial charge < -0.3 is 10.1 Å². The van der Waals surface area contributed by atoms with Crippen LogP contribution < -0.4 is 0 Å². The van der Waals surface area contributed by atoms with E-state index in [4.69, 9.17) is 23.2 Å². The molecule has 0 radical (unpaired) electrons. The van der Waals surface area contributed by atoms with Crippen molar-refractivity contribution in [3.8, 4) is 0 Å². The Morgan fingerprint density at radius 2 is 1.76 bits per heavy atom. The van der Waals surface area contributed by atoms with Gasteiger partial charge in [0.2, 0.25) is 0 Å². The van der Waals surface area contributed by atoms with E-state index in [1.807, 2.05) is 49.4 Å². The third-order valence-corrected chi connectivity index (χ3v) is 5.27. The largest absolute Gasteiger partial charge is 0.434 e. The molecule has 0 aliphatic rings. The Morgan fingerprint density at radius 1 is 1.10 bits per heavy atom. The number of imidazole rings is 1. The summed E-state index contributed by atoms with van der Waals surface area (Å²) in [6.07, 6.45) is 1.53. The first-order valence-electron chi connectivity index (χ1n) is 9.28. The second-order valence-corrected chi connectivity index (χ2v) is 7.51. The molecular weight excluding hydrogens is 411 g/mol. The van der Waals surface area contributed by atoms with Crippen LogP contribution in [0.2, 0.25) is 5.02 Å². The molecule has 0 fully saturated rings. The fourth-order valence-electron chi connectivity index (χ4n) is 3.47. The average Bonchev–Trinajstić information content (AvgIpc) is 3.09. The van der Waals surface area contributed by atoms with Crippen molar-refractivity contribution in [3.63, 3.8) is 0 Å². The number of alkyl halides is 1. The first kappa shape index (κ1) is 21.3. The molecule has 0 saturated carbocycles. The summed E-state index contributed by atoms with van der Waals surface area (Å²) in [7, 11) is 0. The smallest absolute Gasteiger partial charge is 0.390 e. The van der Waals surface area contributed by atoms with E-state index in [-0.39, 0.29) is 12.0 Å². The highest BCUT2D eigenvalue weighted by atomic mass is 35.5. The maximum Gasteiger partial charge on any atom is 0.434 e. The van der Waals surface area contributed by atoms with Crippen LogP contribution in [0, 0.1) is 17.0 Å². The number of aryl methyl sites for hydroxylation is 1. The molecule has 6 nitrogen and oxygen atoms in total. The number of rotatable bonds is 9. The molecule has 3 aromatic rings. The number of aromatic nitrogens is 2. The lowest BCUT2D eigenvalue weighted by atomic mass is 9.97. The molecule has 3 rings (SSSR count). The average molecular weight is 433 g/mol. The fraction of sp³-hybridized carbons (Fsp3) is 0.286. The van der Waals surface area contributed by atoms with Crippen LogP contribution in [0.3, 0.4) is 0 Å². The minimum absolute atomic E-state index is 0.0462. The highest BCUT2D eigenvalue weighted by molar-refractivity contribution is 6.30. The van der Waals surface area contributed by atoms with Crippen molar-refractivity contribution in [1.82, 2.24) is 14.5 Å². The van der Waals surface area contributed by atoms with Crippen molar-refractivity contribution in [2.75, 3.05) is 19.0 Å². The van der Waals surface area contributed by atoms with Gasteiger partial charge in [0.25, 0.3) is 0 Å². The van der Waals surface area contributed by atoms with Gasteiger partial charge in [-0.3, -0.25) is 4.90 Å². The van der Waals surface area contributed by atoms with Crippen molar-refractivity contribution in [2.45, 2.75) is 19.5 Å². The Bertz CT molecular complexity index is 945. The number of benzene rings is 2. The second-order valence-electron chi connectivity index (χ2n) is 6.70. The van der Waals surface area contributed by atoms with Crippen LogP contribution in [-0.2, 0) is 6.54 Å². The normalized spacial score (nSPS) is 12.3. The quantitative estimate of drug-likeness (QED) is 0.268. The summed E-state index contributed by atoms with van der Waals surface area (Å²) in [5, 5.41) is 12.0. The minimum atomic E-state index is -0.452. The predicted molar refractivity (Wildman–Crippen MR) is 116 cm³/mol. The molecule has 152 valence electrons. The van der Waals surface area contributed by atoms with Crippen LogP contribution in [0.25, 0.3) is 0 Å². The summed E-state index contributed by atoms with van der Waals surface area (Å²) >= 11 is 12.2. The zero-order valence-electron chi connectivity index (χ0n) is 16.0. The molecule has 29 heavy (non-hydrogen) atoms. The molecule has 1 unspecified atom stereocenters. The Hall–Kier alpha value is -2.41. The van der Waals surface area contributed by atoms with Crippen LogP contribution in [0.4, 0.5) is 5.95 Å². The maximum atomic E-state index is 11.3. The molecule has 0 spiro atoms. The van der Waals surface area contributed by atoms with Crippen molar-refractivity contribution in [3.05, 3.63) is 92.8 Å². The van der Waals surface area contributed by atoms with Gasteiger partial charge in [0, 0.05) is 24.0 Å². The standard InChI is InChI=1S/C21H22Cl2N4O2/c1-16-15-24-21(27(28)29)26(16)14-13-25(12-11-22)20(17-5-3-2-4-6-17)18-7-9-19(23)10-8-18/h2-10,15,20H,11-14H2,1H3. The second kappa shape index (κ2) is 9.87. The third-order valence-electron chi connectivity index (χ3n) is 4.85. The number of nitrogens with zero attached hydrogens (tertiary/aromatic N) is 4. The SMILES string of the molecule is Cc1cnc([N+](=O)[O-])n1CCN(CCCl)C(c1ccccc1)c1ccc(Cl)cc1. The Balaban J connectivity index is 1.93. The molecule has 0 saturated heterocycles. The molecule has 0 N–H and O–H groups in total. The molecule has 2 aromatic carbocycles. The third kappa shape index (κ3) is 5.15.